The summed E-state index contributed by atoms with van der Waals surface area (Å²) >= 11 is 0. The van der Waals surface area contributed by atoms with E-state index < -0.39 is 0 Å². The average molecular weight is 366 g/mol. The van der Waals surface area contributed by atoms with Gasteiger partial charge in [-0.25, -0.2) is 0 Å². The van der Waals surface area contributed by atoms with Gasteiger partial charge in [-0.15, -0.1) is 24.8 Å². The molecule has 2 N–H and O–H groups in total. The number of carbonyl (C=O) groups excluding carboxylic acids is 1. The van der Waals surface area contributed by atoms with Gasteiger partial charge in [0, 0.05) is 19.1 Å². The topological polar surface area (TPSA) is 49.6 Å². The van der Waals surface area contributed by atoms with Crippen molar-refractivity contribution in [2.45, 2.75) is 58.0 Å². The van der Waals surface area contributed by atoms with Crippen molar-refractivity contribution in [3.63, 3.8) is 0 Å². The Hall–Kier alpha value is -0.0300. The predicted molar refractivity (Wildman–Crippen MR) is 99.3 cm³/mol. The van der Waals surface area contributed by atoms with Gasteiger partial charge in [-0.05, 0) is 56.5 Å². The van der Waals surface area contributed by atoms with Gasteiger partial charge in [-0.2, -0.15) is 0 Å². The third-order valence-corrected chi connectivity index (χ3v) is 5.89. The quantitative estimate of drug-likeness (QED) is 0.835. The van der Waals surface area contributed by atoms with Crippen LogP contribution in [-0.4, -0.2) is 54.0 Å². The fourth-order valence-corrected chi connectivity index (χ4v) is 4.73. The number of nitrogens with two attached hydrogens (primary N) is 1. The fraction of sp³-hybridized carbons (Fsp3) is 0.941. The predicted octanol–water partition coefficient (Wildman–Crippen LogP) is 2.54. The largest absolute Gasteiger partial charge is 0.341 e. The smallest absolute Gasteiger partial charge is 0.240 e. The molecule has 2 saturated heterocycles. The molecule has 2 heterocycles. The van der Waals surface area contributed by atoms with Gasteiger partial charge in [0.15, 0.2) is 0 Å². The van der Waals surface area contributed by atoms with Crippen molar-refractivity contribution in [2.24, 2.45) is 23.5 Å². The molecule has 4 nitrogen and oxygen atoms in total. The summed E-state index contributed by atoms with van der Waals surface area (Å²) in [5.41, 5.74) is 6.21. The molecule has 4 atom stereocenters. The number of hydrogen-bond donors (Lipinski definition) is 1. The van der Waals surface area contributed by atoms with Crippen LogP contribution < -0.4 is 5.73 Å². The van der Waals surface area contributed by atoms with Crippen LogP contribution in [0.1, 0.15) is 46.0 Å². The first-order valence-corrected chi connectivity index (χ1v) is 8.86. The summed E-state index contributed by atoms with van der Waals surface area (Å²) in [5.74, 6) is 1.99. The lowest BCUT2D eigenvalue weighted by Gasteiger charge is -2.38. The van der Waals surface area contributed by atoms with Gasteiger partial charge < -0.3 is 10.6 Å². The van der Waals surface area contributed by atoms with Crippen LogP contribution in [0.4, 0.5) is 0 Å². The summed E-state index contributed by atoms with van der Waals surface area (Å²) in [4.78, 5) is 17.6. The van der Waals surface area contributed by atoms with E-state index in [9.17, 15) is 4.79 Å². The van der Waals surface area contributed by atoms with Gasteiger partial charge in [-0.3, -0.25) is 9.69 Å². The molecule has 0 radical (unpaired) electrons. The van der Waals surface area contributed by atoms with E-state index in [2.05, 4.69) is 23.6 Å². The molecule has 1 saturated carbocycles. The van der Waals surface area contributed by atoms with Gasteiger partial charge in [0.25, 0.3) is 0 Å². The van der Waals surface area contributed by atoms with Crippen LogP contribution in [0.5, 0.6) is 0 Å². The molecule has 3 rings (SSSR count). The number of nitrogens with zero attached hydrogens (tertiary/aromatic N) is 2. The lowest BCUT2D eigenvalue weighted by atomic mass is 9.98. The second-order valence-corrected chi connectivity index (χ2v) is 7.69. The number of halogens is 2. The van der Waals surface area contributed by atoms with Gasteiger partial charge in [0.2, 0.25) is 5.91 Å². The molecule has 1 amide bonds. The van der Waals surface area contributed by atoms with E-state index >= 15 is 0 Å². The summed E-state index contributed by atoms with van der Waals surface area (Å²) < 4.78 is 0. The maximum Gasteiger partial charge on any atom is 0.240 e. The molecule has 23 heavy (non-hydrogen) atoms. The second-order valence-electron chi connectivity index (χ2n) is 7.69. The van der Waals surface area contributed by atoms with E-state index in [1.807, 2.05) is 0 Å². The summed E-state index contributed by atoms with van der Waals surface area (Å²) in [7, 11) is 0. The van der Waals surface area contributed by atoms with Crippen molar-refractivity contribution in [1.82, 2.24) is 9.80 Å². The van der Waals surface area contributed by atoms with Crippen LogP contribution in [0, 0.1) is 17.8 Å². The molecule has 2 aliphatic heterocycles. The molecule has 0 aromatic rings. The van der Waals surface area contributed by atoms with Crippen LogP contribution in [0.3, 0.4) is 0 Å². The molecular weight excluding hydrogens is 333 g/mol. The number of fused-ring (bicyclic) bond motifs is 1. The van der Waals surface area contributed by atoms with Crippen molar-refractivity contribution in [3.8, 4) is 0 Å². The summed E-state index contributed by atoms with van der Waals surface area (Å²) in [6, 6.07) is 0.403. The molecule has 0 bridgehead atoms. The van der Waals surface area contributed by atoms with Crippen molar-refractivity contribution in [2.75, 3.05) is 26.2 Å². The van der Waals surface area contributed by atoms with Crippen LogP contribution in [-0.2, 0) is 4.79 Å². The molecule has 0 spiro atoms. The number of carbonyl (C=O) groups is 1. The molecule has 3 aliphatic rings. The molecule has 0 aromatic carbocycles. The zero-order valence-corrected chi connectivity index (χ0v) is 16.1. The lowest BCUT2D eigenvalue weighted by Crippen LogP contribution is -2.52. The van der Waals surface area contributed by atoms with Crippen LogP contribution in [0.2, 0.25) is 0 Å². The summed E-state index contributed by atoms with van der Waals surface area (Å²) in [5, 5.41) is 0. The van der Waals surface area contributed by atoms with Crippen molar-refractivity contribution in [3.05, 3.63) is 0 Å². The lowest BCUT2D eigenvalue weighted by molar-refractivity contribution is -0.138. The molecule has 1 aliphatic carbocycles. The first-order valence-electron chi connectivity index (χ1n) is 8.86. The second kappa shape index (κ2) is 8.89. The van der Waals surface area contributed by atoms with Crippen LogP contribution in [0.15, 0.2) is 0 Å². The highest BCUT2D eigenvalue weighted by molar-refractivity contribution is 5.85. The molecule has 4 unspecified atom stereocenters. The maximum atomic E-state index is 13.1. The van der Waals surface area contributed by atoms with E-state index in [1.165, 1.54) is 25.7 Å². The van der Waals surface area contributed by atoms with Crippen molar-refractivity contribution < 1.29 is 4.79 Å². The number of amides is 1. The fourth-order valence-electron chi connectivity index (χ4n) is 4.73. The van der Waals surface area contributed by atoms with Gasteiger partial charge >= 0.3 is 0 Å². The average Bonchev–Trinajstić information content (AvgIpc) is 3.02. The van der Waals surface area contributed by atoms with E-state index in [0.717, 1.165) is 32.6 Å². The molecule has 0 aromatic heterocycles. The zero-order valence-electron chi connectivity index (χ0n) is 14.4. The zero-order chi connectivity index (χ0) is 15.0. The standard InChI is InChI=1S/C17H31N3O.2ClH/c1-12(2)16(19-8-4-3-5-9-19)17(21)20-10-13-6-7-15(18)14(13)11-20;;/h12-16H,3-11,18H2,1-2H3;2*1H. The first-order chi connectivity index (χ1) is 10.1. The maximum absolute atomic E-state index is 13.1. The SMILES string of the molecule is CC(C)C(C(=O)N1CC2CCC(N)C2C1)N1CCCCC1.Cl.Cl. The van der Waals surface area contributed by atoms with Gasteiger partial charge in [0.1, 0.15) is 0 Å². The van der Waals surface area contributed by atoms with Crippen molar-refractivity contribution >= 4 is 30.7 Å². The van der Waals surface area contributed by atoms with Crippen LogP contribution in [0.25, 0.3) is 0 Å². The Morgan fingerprint density at radius 2 is 1.70 bits per heavy atom. The van der Waals surface area contributed by atoms with E-state index in [1.54, 1.807) is 0 Å². The highest BCUT2D eigenvalue weighted by Crippen LogP contribution is 2.37. The summed E-state index contributed by atoms with van der Waals surface area (Å²) in [6.07, 6.45) is 6.17. The summed E-state index contributed by atoms with van der Waals surface area (Å²) in [6.45, 7) is 8.43. The van der Waals surface area contributed by atoms with Gasteiger partial charge in [0.05, 0.1) is 6.04 Å². The highest BCUT2D eigenvalue weighted by Gasteiger charge is 2.44. The Labute approximate surface area is 153 Å². The minimum atomic E-state index is 0. The minimum absolute atomic E-state index is 0. The first kappa shape index (κ1) is 21.0. The minimum Gasteiger partial charge on any atom is -0.341 e. The van der Waals surface area contributed by atoms with Gasteiger partial charge in [-0.1, -0.05) is 20.3 Å². The Balaban J connectivity index is 0.00000132. The Kier molecular flexibility index (Phi) is 8.12. The number of piperidine rings is 1. The monoisotopic (exact) mass is 365 g/mol. The molecule has 6 heteroatoms. The van der Waals surface area contributed by atoms with E-state index in [4.69, 9.17) is 5.73 Å². The Bertz CT molecular complexity index is 388. The third-order valence-electron chi connectivity index (χ3n) is 5.89. The molecule has 136 valence electrons. The number of likely N-dealkylation sites (tertiary alicyclic amines) is 2. The molecular formula is C17H33Cl2N3O. The van der Waals surface area contributed by atoms with E-state index in [-0.39, 0.29) is 30.9 Å². The normalized spacial score (nSPS) is 32.2. The number of hydrogen-bond acceptors (Lipinski definition) is 3. The number of rotatable bonds is 3. The Morgan fingerprint density at radius 1 is 1.04 bits per heavy atom. The van der Waals surface area contributed by atoms with Crippen LogP contribution >= 0.6 is 24.8 Å². The highest BCUT2D eigenvalue weighted by atomic mass is 35.5. The Morgan fingerprint density at radius 3 is 2.26 bits per heavy atom. The van der Waals surface area contributed by atoms with Crippen molar-refractivity contribution in [1.29, 1.82) is 0 Å². The third kappa shape index (κ3) is 4.33. The molecule has 3 fully saturated rings. The van der Waals surface area contributed by atoms with E-state index in [0.29, 0.717) is 29.7 Å².